The molecule has 0 unspecified atom stereocenters. The number of hydrogen-bond acceptors (Lipinski definition) is 7. The summed E-state index contributed by atoms with van der Waals surface area (Å²) in [7, 11) is 2.86. The maximum absolute atomic E-state index is 12.4. The monoisotopic (exact) mass is 366 g/mol. The van der Waals surface area contributed by atoms with E-state index in [2.05, 4.69) is 4.74 Å². The number of rotatable bonds is 9. The van der Waals surface area contributed by atoms with Crippen molar-refractivity contribution in [3.63, 3.8) is 0 Å². The molecule has 7 heteroatoms. The number of benzene rings is 1. The molecule has 1 atom stereocenters. The quantitative estimate of drug-likeness (QED) is 0.417. The zero-order valence-electron chi connectivity index (χ0n) is 14.5. The number of fused-ring (bicyclic) bond motifs is 1. The fourth-order valence-corrected chi connectivity index (χ4v) is 3.39. The summed E-state index contributed by atoms with van der Waals surface area (Å²) in [6.07, 6.45) is 0.636. The zero-order valence-corrected chi connectivity index (χ0v) is 15.4. The van der Waals surface area contributed by atoms with Gasteiger partial charge < -0.3 is 19.3 Å². The van der Waals surface area contributed by atoms with Crippen molar-refractivity contribution in [1.29, 1.82) is 0 Å². The fraction of sp³-hybridized carbons (Fsp3) is 0.444. The van der Waals surface area contributed by atoms with Crippen LogP contribution in [0, 0.1) is 5.92 Å². The molecule has 25 heavy (non-hydrogen) atoms. The molecule has 0 saturated carbocycles. The number of hydrogen-bond donors (Lipinski definition) is 1. The van der Waals surface area contributed by atoms with Crippen molar-refractivity contribution in [3.8, 4) is 11.5 Å². The molecule has 1 aromatic heterocycles. The van der Waals surface area contributed by atoms with Gasteiger partial charge in [-0.2, -0.15) is 0 Å². The predicted molar refractivity (Wildman–Crippen MR) is 95.7 cm³/mol. The molecule has 0 aliphatic heterocycles. The highest BCUT2D eigenvalue weighted by atomic mass is 32.1. The second kappa shape index (κ2) is 8.82. The molecular weight excluding hydrogens is 344 g/mol. The summed E-state index contributed by atoms with van der Waals surface area (Å²) in [4.78, 5) is 24.5. The van der Waals surface area contributed by atoms with E-state index in [4.69, 9.17) is 14.6 Å². The van der Waals surface area contributed by atoms with E-state index in [1.807, 2.05) is 12.1 Å². The Balaban J connectivity index is 2.23. The summed E-state index contributed by atoms with van der Waals surface area (Å²) in [5.41, 5.74) is 0. The summed E-state index contributed by atoms with van der Waals surface area (Å²) < 4.78 is 16.5. The lowest BCUT2D eigenvalue weighted by Crippen LogP contribution is -2.16. The molecule has 2 aromatic rings. The van der Waals surface area contributed by atoms with Crippen LogP contribution in [0.2, 0.25) is 0 Å². The van der Waals surface area contributed by atoms with Gasteiger partial charge in [-0.1, -0.05) is 6.92 Å². The third-order valence-electron chi connectivity index (χ3n) is 3.73. The number of thiophene rings is 1. The van der Waals surface area contributed by atoms with Crippen LogP contribution >= 0.6 is 11.3 Å². The van der Waals surface area contributed by atoms with Crippen molar-refractivity contribution < 1.29 is 28.9 Å². The summed E-state index contributed by atoms with van der Waals surface area (Å²) >= 11 is 1.35. The number of carbonyl (C=O) groups excluding carboxylic acids is 2. The van der Waals surface area contributed by atoms with E-state index in [-0.39, 0.29) is 18.8 Å². The predicted octanol–water partition coefficient (Wildman–Crippen LogP) is 3.05. The molecule has 0 bridgehead atoms. The van der Waals surface area contributed by atoms with Gasteiger partial charge in [-0.3, -0.25) is 9.59 Å². The van der Waals surface area contributed by atoms with Gasteiger partial charge in [-0.25, -0.2) is 0 Å². The van der Waals surface area contributed by atoms with Gasteiger partial charge in [0.1, 0.15) is 0 Å². The number of Topliss-reactive ketones (excluding diaryl/α,β-unsaturated/α-hetero) is 1. The van der Waals surface area contributed by atoms with Crippen LogP contribution in [-0.4, -0.2) is 44.3 Å². The van der Waals surface area contributed by atoms with E-state index in [0.29, 0.717) is 29.4 Å². The molecule has 2 rings (SSSR count). The van der Waals surface area contributed by atoms with Crippen LogP contribution in [0.3, 0.4) is 0 Å². The van der Waals surface area contributed by atoms with Crippen LogP contribution < -0.4 is 9.47 Å². The number of aliphatic hydroxyl groups excluding tert-OH is 1. The Hall–Kier alpha value is -2.12. The Labute approximate surface area is 150 Å². The minimum atomic E-state index is -0.477. The molecule has 0 saturated heterocycles. The molecule has 0 fully saturated rings. The molecule has 136 valence electrons. The first kappa shape index (κ1) is 19.2. The van der Waals surface area contributed by atoms with E-state index in [9.17, 15) is 9.59 Å². The van der Waals surface area contributed by atoms with E-state index in [0.717, 1.165) is 10.1 Å². The third-order valence-corrected chi connectivity index (χ3v) is 4.87. The standard InChI is InChI=1S/C18H22O6S/c1-11(18(21)23-3)7-13(20)17-9-12-8-14(22-2)15(10-16(12)25-17)24-6-4-5-19/h8-11,19H,4-7H2,1-3H3/t11-/m0/s1. The second-order valence-electron chi connectivity index (χ2n) is 5.63. The zero-order chi connectivity index (χ0) is 18.4. The minimum Gasteiger partial charge on any atom is -0.493 e. The Bertz CT molecular complexity index is 751. The highest BCUT2D eigenvalue weighted by Crippen LogP contribution is 2.37. The second-order valence-corrected chi connectivity index (χ2v) is 6.71. The first-order valence-corrected chi connectivity index (χ1v) is 8.78. The van der Waals surface area contributed by atoms with Crippen molar-refractivity contribution in [2.75, 3.05) is 27.4 Å². The van der Waals surface area contributed by atoms with E-state index >= 15 is 0 Å². The molecule has 0 radical (unpaired) electrons. The number of ether oxygens (including phenoxy) is 3. The highest BCUT2D eigenvalue weighted by molar-refractivity contribution is 7.20. The Morgan fingerprint density at radius 2 is 1.96 bits per heavy atom. The minimum absolute atomic E-state index is 0.0561. The maximum Gasteiger partial charge on any atom is 0.308 e. The van der Waals surface area contributed by atoms with Gasteiger partial charge in [0.15, 0.2) is 17.3 Å². The van der Waals surface area contributed by atoms with Crippen molar-refractivity contribution in [2.24, 2.45) is 5.92 Å². The summed E-state index contributed by atoms with van der Waals surface area (Å²) in [5.74, 6) is 0.184. The van der Waals surface area contributed by atoms with Crippen molar-refractivity contribution in [2.45, 2.75) is 19.8 Å². The van der Waals surface area contributed by atoms with Crippen LogP contribution in [0.25, 0.3) is 10.1 Å². The first-order valence-electron chi connectivity index (χ1n) is 7.96. The first-order chi connectivity index (χ1) is 12.0. The van der Waals surface area contributed by atoms with Crippen LogP contribution in [0.1, 0.15) is 29.4 Å². The van der Waals surface area contributed by atoms with Gasteiger partial charge in [-0.05, 0) is 17.5 Å². The van der Waals surface area contributed by atoms with Gasteiger partial charge in [0.05, 0.1) is 31.6 Å². The van der Waals surface area contributed by atoms with E-state index in [1.165, 1.54) is 18.4 Å². The van der Waals surface area contributed by atoms with Gasteiger partial charge in [0.2, 0.25) is 0 Å². The van der Waals surface area contributed by atoms with Crippen molar-refractivity contribution in [1.82, 2.24) is 0 Å². The third kappa shape index (κ3) is 4.70. The van der Waals surface area contributed by atoms with E-state index < -0.39 is 11.9 Å². The number of ketones is 1. The van der Waals surface area contributed by atoms with Crippen LogP contribution in [0.4, 0.5) is 0 Å². The Morgan fingerprint density at radius 3 is 2.60 bits per heavy atom. The lowest BCUT2D eigenvalue weighted by atomic mass is 10.0. The van der Waals surface area contributed by atoms with Crippen LogP contribution in [-0.2, 0) is 9.53 Å². The molecular formula is C18H22O6S. The Kier molecular flexibility index (Phi) is 6.78. The molecule has 1 N–H and O–H groups in total. The van der Waals surface area contributed by atoms with Gasteiger partial charge in [0.25, 0.3) is 0 Å². The summed E-state index contributed by atoms with van der Waals surface area (Å²) in [6.45, 7) is 2.11. The maximum atomic E-state index is 12.4. The molecule has 0 aliphatic carbocycles. The molecule has 0 spiro atoms. The summed E-state index contributed by atoms with van der Waals surface area (Å²) in [6, 6.07) is 5.45. The van der Waals surface area contributed by atoms with Gasteiger partial charge in [0, 0.05) is 30.2 Å². The van der Waals surface area contributed by atoms with Crippen LogP contribution in [0.5, 0.6) is 11.5 Å². The fourth-order valence-electron chi connectivity index (χ4n) is 2.37. The number of carbonyl (C=O) groups is 2. The SMILES string of the molecule is COC(=O)[C@@H](C)CC(=O)c1cc2cc(OC)c(OCCCO)cc2s1. The lowest BCUT2D eigenvalue weighted by Gasteiger charge is -2.10. The normalized spacial score (nSPS) is 12.0. The van der Waals surface area contributed by atoms with E-state index in [1.54, 1.807) is 20.1 Å². The number of methoxy groups -OCH3 is 2. The lowest BCUT2D eigenvalue weighted by molar-refractivity contribution is -0.144. The number of esters is 1. The van der Waals surface area contributed by atoms with Gasteiger partial charge in [-0.15, -0.1) is 11.3 Å². The smallest absolute Gasteiger partial charge is 0.308 e. The average molecular weight is 366 g/mol. The average Bonchev–Trinajstić information content (AvgIpc) is 3.03. The van der Waals surface area contributed by atoms with Crippen molar-refractivity contribution in [3.05, 3.63) is 23.1 Å². The Morgan fingerprint density at radius 1 is 1.20 bits per heavy atom. The van der Waals surface area contributed by atoms with Crippen LogP contribution in [0.15, 0.2) is 18.2 Å². The highest BCUT2D eigenvalue weighted by Gasteiger charge is 2.20. The summed E-state index contributed by atoms with van der Waals surface area (Å²) in [5, 5.41) is 9.74. The molecule has 1 heterocycles. The molecule has 0 aliphatic rings. The van der Waals surface area contributed by atoms with Crippen molar-refractivity contribution >= 4 is 33.2 Å². The molecule has 1 aromatic carbocycles. The molecule has 6 nitrogen and oxygen atoms in total. The van der Waals surface area contributed by atoms with Gasteiger partial charge >= 0.3 is 5.97 Å². The largest absolute Gasteiger partial charge is 0.493 e. The molecule has 0 amide bonds. The topological polar surface area (TPSA) is 82.1 Å². The number of aliphatic hydroxyl groups is 1.